The average Bonchev–Trinajstić information content (AvgIpc) is 2.15. The molecule has 0 aliphatic heterocycles. The van der Waals surface area contributed by atoms with Gasteiger partial charge in [0.1, 0.15) is 6.04 Å². The highest BCUT2D eigenvalue weighted by molar-refractivity contribution is 5.81. The Labute approximate surface area is 98.8 Å². The van der Waals surface area contributed by atoms with E-state index in [2.05, 4.69) is 15.6 Å². The lowest BCUT2D eigenvalue weighted by Gasteiger charge is -2.18. The standard InChI is InChI=1S/C10H19F3N2O2/c1-4-5-7(2)14-9(16)8(3)15-17-6-10(11,12)13/h7-8,15H,4-6H2,1-3H3,(H,14,16). The summed E-state index contributed by atoms with van der Waals surface area (Å²) in [5.74, 6) is -0.381. The molecule has 0 fully saturated rings. The Hall–Kier alpha value is -0.820. The van der Waals surface area contributed by atoms with Gasteiger partial charge in [-0.25, -0.2) is 0 Å². The first kappa shape index (κ1) is 16.2. The zero-order valence-electron chi connectivity index (χ0n) is 10.2. The summed E-state index contributed by atoms with van der Waals surface area (Å²) in [6, 6.07) is -0.823. The lowest BCUT2D eigenvalue weighted by molar-refractivity contribution is -0.193. The van der Waals surface area contributed by atoms with Crippen LogP contribution >= 0.6 is 0 Å². The maximum Gasteiger partial charge on any atom is 0.413 e. The lowest BCUT2D eigenvalue weighted by atomic mass is 10.2. The molecule has 0 rings (SSSR count). The van der Waals surface area contributed by atoms with Crippen molar-refractivity contribution < 1.29 is 22.8 Å². The highest BCUT2D eigenvalue weighted by Gasteiger charge is 2.28. The number of hydroxylamine groups is 1. The highest BCUT2D eigenvalue weighted by atomic mass is 19.4. The maximum atomic E-state index is 11.8. The lowest BCUT2D eigenvalue weighted by Crippen LogP contribution is -2.46. The fraction of sp³-hybridized carbons (Fsp3) is 0.900. The van der Waals surface area contributed by atoms with E-state index in [1.165, 1.54) is 6.92 Å². The number of halogens is 3. The van der Waals surface area contributed by atoms with Gasteiger partial charge in [-0.05, 0) is 20.3 Å². The van der Waals surface area contributed by atoms with Crippen molar-refractivity contribution in [3.8, 4) is 0 Å². The smallest absolute Gasteiger partial charge is 0.352 e. The quantitative estimate of drug-likeness (QED) is 0.682. The summed E-state index contributed by atoms with van der Waals surface area (Å²) < 4.78 is 35.3. The molecule has 1 amide bonds. The normalized spacial score (nSPS) is 15.4. The molecule has 17 heavy (non-hydrogen) atoms. The van der Waals surface area contributed by atoms with Gasteiger partial charge in [-0.3, -0.25) is 9.63 Å². The Bertz CT molecular complexity index is 234. The molecule has 102 valence electrons. The van der Waals surface area contributed by atoms with E-state index in [4.69, 9.17) is 0 Å². The van der Waals surface area contributed by atoms with E-state index in [0.717, 1.165) is 12.8 Å². The van der Waals surface area contributed by atoms with Crippen molar-refractivity contribution in [3.63, 3.8) is 0 Å². The molecule has 0 aromatic heterocycles. The molecule has 0 aromatic rings. The van der Waals surface area contributed by atoms with Crippen molar-refractivity contribution in [1.82, 2.24) is 10.8 Å². The Balaban J connectivity index is 3.82. The fourth-order valence-corrected chi connectivity index (χ4v) is 1.18. The molecule has 0 bridgehead atoms. The number of rotatable bonds is 7. The molecule has 0 saturated heterocycles. The minimum atomic E-state index is -4.40. The summed E-state index contributed by atoms with van der Waals surface area (Å²) >= 11 is 0. The second-order valence-corrected chi connectivity index (χ2v) is 3.94. The van der Waals surface area contributed by atoms with E-state index in [0.29, 0.717) is 0 Å². The highest BCUT2D eigenvalue weighted by Crippen LogP contribution is 2.13. The zero-order chi connectivity index (χ0) is 13.5. The topological polar surface area (TPSA) is 50.4 Å². The third-order valence-electron chi connectivity index (χ3n) is 2.00. The Kier molecular flexibility index (Phi) is 7.13. The molecule has 0 heterocycles. The predicted octanol–water partition coefficient (Wildman–Crippen LogP) is 1.76. The summed E-state index contributed by atoms with van der Waals surface area (Å²) in [6.45, 7) is 3.83. The van der Waals surface area contributed by atoms with Gasteiger partial charge in [0.2, 0.25) is 5.91 Å². The number of hydrogen-bond acceptors (Lipinski definition) is 3. The molecular formula is C10H19F3N2O2. The first-order chi connectivity index (χ1) is 7.76. The number of carbonyl (C=O) groups is 1. The molecule has 4 nitrogen and oxygen atoms in total. The summed E-state index contributed by atoms with van der Waals surface area (Å²) in [5, 5.41) is 2.67. The third kappa shape index (κ3) is 8.93. The molecule has 0 saturated carbocycles. The van der Waals surface area contributed by atoms with Gasteiger partial charge in [-0.1, -0.05) is 13.3 Å². The van der Waals surface area contributed by atoms with E-state index in [1.807, 2.05) is 13.8 Å². The number of carbonyl (C=O) groups excluding carboxylic acids is 1. The molecule has 2 unspecified atom stereocenters. The molecule has 7 heteroatoms. The Morgan fingerprint density at radius 2 is 1.94 bits per heavy atom. The van der Waals surface area contributed by atoms with E-state index in [1.54, 1.807) is 0 Å². The van der Waals surface area contributed by atoms with Gasteiger partial charge >= 0.3 is 6.18 Å². The monoisotopic (exact) mass is 256 g/mol. The molecule has 0 radical (unpaired) electrons. The minimum Gasteiger partial charge on any atom is -0.352 e. The largest absolute Gasteiger partial charge is 0.413 e. The Morgan fingerprint density at radius 3 is 2.41 bits per heavy atom. The van der Waals surface area contributed by atoms with Gasteiger partial charge in [0, 0.05) is 6.04 Å². The van der Waals surface area contributed by atoms with Crippen LogP contribution in [0.15, 0.2) is 0 Å². The van der Waals surface area contributed by atoms with E-state index in [-0.39, 0.29) is 11.9 Å². The predicted molar refractivity (Wildman–Crippen MR) is 57.1 cm³/mol. The Morgan fingerprint density at radius 1 is 1.35 bits per heavy atom. The molecule has 2 N–H and O–H groups in total. The number of hydrogen-bond donors (Lipinski definition) is 2. The summed E-state index contributed by atoms with van der Waals surface area (Å²) in [6.07, 6.45) is -2.66. The van der Waals surface area contributed by atoms with E-state index < -0.39 is 18.8 Å². The van der Waals surface area contributed by atoms with Gasteiger partial charge in [0.25, 0.3) is 0 Å². The maximum absolute atomic E-state index is 11.8. The van der Waals surface area contributed by atoms with Crippen LogP contribution in [0.3, 0.4) is 0 Å². The van der Waals surface area contributed by atoms with Crippen molar-refractivity contribution >= 4 is 5.91 Å². The van der Waals surface area contributed by atoms with Crippen molar-refractivity contribution in [2.24, 2.45) is 0 Å². The van der Waals surface area contributed by atoms with Crippen LogP contribution in [-0.2, 0) is 9.63 Å². The molecule has 0 aromatic carbocycles. The van der Waals surface area contributed by atoms with Crippen molar-refractivity contribution in [3.05, 3.63) is 0 Å². The van der Waals surface area contributed by atoms with Crippen LogP contribution in [0.2, 0.25) is 0 Å². The van der Waals surface area contributed by atoms with Crippen molar-refractivity contribution in [2.45, 2.75) is 51.9 Å². The van der Waals surface area contributed by atoms with Crippen LogP contribution in [0.25, 0.3) is 0 Å². The molecule has 0 aliphatic rings. The fourth-order valence-electron chi connectivity index (χ4n) is 1.18. The van der Waals surface area contributed by atoms with Crippen LogP contribution in [-0.4, -0.2) is 30.8 Å². The second kappa shape index (κ2) is 7.50. The molecular weight excluding hydrogens is 237 g/mol. The van der Waals surface area contributed by atoms with Gasteiger partial charge in [0.15, 0.2) is 6.61 Å². The van der Waals surface area contributed by atoms with Crippen molar-refractivity contribution in [2.75, 3.05) is 6.61 Å². The van der Waals surface area contributed by atoms with Crippen LogP contribution in [0.1, 0.15) is 33.6 Å². The van der Waals surface area contributed by atoms with Crippen LogP contribution in [0, 0.1) is 0 Å². The van der Waals surface area contributed by atoms with Crippen LogP contribution < -0.4 is 10.8 Å². The van der Waals surface area contributed by atoms with Gasteiger partial charge in [0.05, 0.1) is 0 Å². The third-order valence-corrected chi connectivity index (χ3v) is 2.00. The van der Waals surface area contributed by atoms with Gasteiger partial charge < -0.3 is 5.32 Å². The van der Waals surface area contributed by atoms with Crippen LogP contribution in [0.4, 0.5) is 13.2 Å². The molecule has 0 aliphatic carbocycles. The van der Waals surface area contributed by atoms with Gasteiger partial charge in [-0.15, -0.1) is 0 Å². The van der Waals surface area contributed by atoms with E-state index >= 15 is 0 Å². The number of amides is 1. The number of nitrogens with one attached hydrogen (secondary N) is 2. The summed E-state index contributed by atoms with van der Waals surface area (Å²) in [5.41, 5.74) is 2.05. The first-order valence-corrected chi connectivity index (χ1v) is 5.50. The van der Waals surface area contributed by atoms with Crippen LogP contribution in [0.5, 0.6) is 0 Å². The summed E-state index contributed by atoms with van der Waals surface area (Å²) in [4.78, 5) is 15.6. The average molecular weight is 256 g/mol. The van der Waals surface area contributed by atoms with Crippen molar-refractivity contribution in [1.29, 1.82) is 0 Å². The first-order valence-electron chi connectivity index (χ1n) is 5.50. The minimum absolute atomic E-state index is 0.000587. The molecule has 0 spiro atoms. The van der Waals surface area contributed by atoms with Gasteiger partial charge in [-0.2, -0.15) is 18.7 Å². The SMILES string of the molecule is CCCC(C)NC(=O)C(C)NOCC(F)(F)F. The second-order valence-electron chi connectivity index (χ2n) is 3.94. The molecule has 2 atom stereocenters. The summed E-state index contributed by atoms with van der Waals surface area (Å²) in [7, 11) is 0. The number of alkyl halides is 3. The zero-order valence-corrected chi connectivity index (χ0v) is 10.2. The van der Waals surface area contributed by atoms with E-state index in [9.17, 15) is 18.0 Å².